The Morgan fingerprint density at radius 3 is 1.92 bits per heavy atom. The summed E-state index contributed by atoms with van der Waals surface area (Å²) in [6, 6.07) is 72.7. The van der Waals surface area contributed by atoms with Gasteiger partial charge in [-0.25, -0.2) is 0 Å². The zero-order chi connectivity index (χ0) is 43.0. The molecule has 0 saturated heterocycles. The minimum atomic E-state index is -0.152. The molecule has 3 heterocycles. The predicted molar refractivity (Wildman–Crippen MR) is 275 cm³/mol. The van der Waals surface area contributed by atoms with Crippen LogP contribution in [0.5, 0.6) is 0 Å². The quantitative estimate of drug-likeness (QED) is 0.173. The van der Waals surface area contributed by atoms with Gasteiger partial charge in [0.25, 0.3) is 0 Å². The molecule has 0 spiro atoms. The Hall–Kier alpha value is -7.92. The number of hydrogen-bond acceptors (Lipinski definition) is 4. The Morgan fingerprint density at radius 2 is 1.03 bits per heavy atom. The van der Waals surface area contributed by atoms with E-state index in [4.69, 9.17) is 8.83 Å². The van der Waals surface area contributed by atoms with Gasteiger partial charge in [0.15, 0.2) is 0 Å². The molecule has 0 radical (unpaired) electrons. The molecule has 1 aliphatic rings. The Bertz CT molecular complexity index is 4110. The van der Waals surface area contributed by atoms with Gasteiger partial charge in [-0.2, -0.15) is 0 Å². The number of fused-ring (bicyclic) bond motifs is 13. The maximum atomic E-state index is 7.19. The Labute approximate surface area is 379 Å². The van der Waals surface area contributed by atoms with Gasteiger partial charge < -0.3 is 13.7 Å². The molecule has 13 aromatic rings. The second kappa shape index (κ2) is 13.5. The van der Waals surface area contributed by atoms with Crippen LogP contribution in [0.25, 0.3) is 108 Å². The van der Waals surface area contributed by atoms with Crippen molar-refractivity contribution in [3.63, 3.8) is 0 Å². The fraction of sp³-hybridized carbons (Fsp3) is 0.0492. The lowest BCUT2D eigenvalue weighted by molar-refractivity contribution is 0.660. The first-order chi connectivity index (χ1) is 32.0. The average molecular weight is 850 g/mol. The van der Waals surface area contributed by atoms with Crippen molar-refractivity contribution >= 4 is 103 Å². The van der Waals surface area contributed by atoms with E-state index in [1.165, 1.54) is 58.8 Å². The molecular weight excluding hydrogens is 811 g/mol. The summed E-state index contributed by atoms with van der Waals surface area (Å²) in [5.41, 5.74) is 16.4. The van der Waals surface area contributed by atoms with E-state index in [9.17, 15) is 0 Å². The van der Waals surface area contributed by atoms with Crippen LogP contribution in [0.3, 0.4) is 0 Å². The normalized spacial score (nSPS) is 13.2. The molecule has 0 fully saturated rings. The smallest absolute Gasteiger partial charge is 0.143 e. The van der Waals surface area contributed by atoms with Gasteiger partial charge in [-0.3, -0.25) is 0 Å². The second-order valence-corrected chi connectivity index (χ2v) is 19.0. The molecule has 0 unspecified atom stereocenters. The van der Waals surface area contributed by atoms with Crippen LogP contribution in [-0.2, 0) is 5.41 Å². The Kier molecular flexibility index (Phi) is 7.62. The molecular formula is C61H39NO2S. The Morgan fingerprint density at radius 1 is 0.400 bits per heavy atom. The highest BCUT2D eigenvalue weighted by Crippen LogP contribution is 2.52. The van der Waals surface area contributed by atoms with Crippen molar-refractivity contribution in [1.82, 2.24) is 0 Å². The van der Waals surface area contributed by atoms with Crippen molar-refractivity contribution in [3.8, 4) is 33.4 Å². The van der Waals surface area contributed by atoms with Gasteiger partial charge in [-0.15, -0.1) is 11.3 Å². The van der Waals surface area contributed by atoms with Crippen molar-refractivity contribution in [1.29, 1.82) is 0 Å². The molecule has 0 bridgehead atoms. The summed E-state index contributed by atoms with van der Waals surface area (Å²) in [7, 11) is 0. The summed E-state index contributed by atoms with van der Waals surface area (Å²) in [6.07, 6.45) is 0. The first-order valence-electron chi connectivity index (χ1n) is 22.3. The number of thiophene rings is 1. The lowest BCUT2D eigenvalue weighted by Gasteiger charge is -2.28. The molecule has 0 atom stereocenters. The van der Waals surface area contributed by atoms with E-state index in [1.54, 1.807) is 0 Å². The number of hydrogen-bond donors (Lipinski definition) is 0. The van der Waals surface area contributed by atoms with Crippen molar-refractivity contribution in [2.45, 2.75) is 19.3 Å². The maximum Gasteiger partial charge on any atom is 0.143 e. The summed E-state index contributed by atoms with van der Waals surface area (Å²) in [5, 5.41) is 9.42. The molecule has 0 aliphatic heterocycles. The van der Waals surface area contributed by atoms with Gasteiger partial charge in [0.05, 0.1) is 0 Å². The minimum absolute atomic E-state index is 0.152. The summed E-state index contributed by atoms with van der Waals surface area (Å²) in [5.74, 6) is 0. The summed E-state index contributed by atoms with van der Waals surface area (Å²) >= 11 is 1.86. The molecule has 10 aromatic carbocycles. The molecule has 1 aliphatic carbocycles. The third kappa shape index (κ3) is 5.29. The van der Waals surface area contributed by atoms with Crippen LogP contribution in [0, 0.1) is 0 Å². The fourth-order valence-corrected chi connectivity index (χ4v) is 12.2. The van der Waals surface area contributed by atoms with Gasteiger partial charge >= 0.3 is 0 Å². The van der Waals surface area contributed by atoms with Gasteiger partial charge in [-0.1, -0.05) is 153 Å². The number of furan rings is 2. The molecule has 14 rings (SSSR count). The molecule has 3 nitrogen and oxygen atoms in total. The van der Waals surface area contributed by atoms with Gasteiger partial charge in [0, 0.05) is 87.0 Å². The van der Waals surface area contributed by atoms with Gasteiger partial charge in [0.1, 0.15) is 22.3 Å². The fourth-order valence-electron chi connectivity index (χ4n) is 11.0. The molecule has 0 N–H and O–H groups in total. The van der Waals surface area contributed by atoms with E-state index >= 15 is 0 Å². The highest BCUT2D eigenvalue weighted by molar-refractivity contribution is 7.26. The highest BCUT2D eigenvalue weighted by atomic mass is 32.1. The zero-order valence-corrected chi connectivity index (χ0v) is 36.5. The lowest BCUT2D eigenvalue weighted by atomic mass is 9.82. The predicted octanol–water partition coefficient (Wildman–Crippen LogP) is 18.1. The van der Waals surface area contributed by atoms with E-state index in [2.05, 4.69) is 207 Å². The first-order valence-corrected chi connectivity index (χ1v) is 23.1. The van der Waals surface area contributed by atoms with Crippen molar-refractivity contribution in [2.75, 3.05) is 4.90 Å². The second-order valence-electron chi connectivity index (χ2n) is 18.0. The number of nitrogens with zero attached hydrogens (tertiary/aromatic N) is 1. The van der Waals surface area contributed by atoms with Crippen molar-refractivity contribution in [2.24, 2.45) is 0 Å². The lowest BCUT2D eigenvalue weighted by Crippen LogP contribution is -2.16. The van der Waals surface area contributed by atoms with E-state index in [0.717, 1.165) is 77.6 Å². The minimum Gasteiger partial charge on any atom is -0.455 e. The van der Waals surface area contributed by atoms with E-state index in [1.807, 2.05) is 23.5 Å². The summed E-state index contributed by atoms with van der Waals surface area (Å²) < 4.78 is 16.2. The van der Waals surface area contributed by atoms with Gasteiger partial charge in [0.2, 0.25) is 0 Å². The molecule has 0 amide bonds. The largest absolute Gasteiger partial charge is 0.455 e. The maximum absolute atomic E-state index is 7.19. The molecule has 3 aromatic heterocycles. The number of benzene rings is 10. The number of rotatable bonds is 5. The van der Waals surface area contributed by atoms with Crippen LogP contribution in [0.4, 0.5) is 17.1 Å². The van der Waals surface area contributed by atoms with Gasteiger partial charge in [-0.05, 0) is 93.2 Å². The van der Waals surface area contributed by atoms with Crippen LogP contribution in [0.15, 0.2) is 209 Å². The first kappa shape index (κ1) is 36.6. The SMILES string of the molecule is CC1(C)c2ccccc2-c2ccc(N(c3ccc(-c4cccc5c4oc4ccccc45)cc3)c3ccc4c(c3)oc3c(-c5cccc6c5sc5ccccc56)c5ccccc5cc34)cc21. The number of anilines is 3. The van der Waals surface area contributed by atoms with E-state index in [-0.39, 0.29) is 5.41 Å². The van der Waals surface area contributed by atoms with Crippen molar-refractivity contribution in [3.05, 3.63) is 211 Å². The third-order valence-corrected chi connectivity index (χ3v) is 15.3. The molecule has 65 heavy (non-hydrogen) atoms. The summed E-state index contributed by atoms with van der Waals surface area (Å²) in [6.45, 7) is 4.70. The molecule has 0 saturated carbocycles. The van der Waals surface area contributed by atoms with Crippen LogP contribution >= 0.6 is 11.3 Å². The van der Waals surface area contributed by atoms with Crippen LogP contribution in [0.2, 0.25) is 0 Å². The Balaban J connectivity index is 0.965. The van der Waals surface area contributed by atoms with Crippen molar-refractivity contribution < 1.29 is 8.83 Å². The average Bonchev–Trinajstić information content (AvgIpc) is 4.09. The third-order valence-electron chi connectivity index (χ3n) is 14.1. The standard InChI is InChI=1S/C61H39NO2S/c1-61(2)52-22-8-5-15-43(52)44-31-29-39(34-53(44)61)62(38-27-25-36(26-28-38)42-18-11-19-48-45-16-6-9-23-54(45)63-58(42)48)40-30-32-46-51-33-37-13-3-4-14-41(37)57(59(51)64-55(46)35-40)50-21-12-20-49-47-17-7-10-24-56(47)65-60(49)50/h3-35H,1-2H3. The summed E-state index contributed by atoms with van der Waals surface area (Å²) in [4.78, 5) is 2.38. The van der Waals surface area contributed by atoms with Crippen LogP contribution in [0.1, 0.15) is 25.0 Å². The topological polar surface area (TPSA) is 29.5 Å². The van der Waals surface area contributed by atoms with Crippen LogP contribution < -0.4 is 4.90 Å². The van der Waals surface area contributed by atoms with E-state index < -0.39 is 0 Å². The zero-order valence-electron chi connectivity index (χ0n) is 35.7. The number of para-hydroxylation sites is 2. The monoisotopic (exact) mass is 849 g/mol. The highest BCUT2D eigenvalue weighted by Gasteiger charge is 2.36. The molecule has 4 heteroatoms. The molecule has 306 valence electrons. The van der Waals surface area contributed by atoms with Crippen LogP contribution in [-0.4, -0.2) is 0 Å². The van der Waals surface area contributed by atoms with E-state index in [0.29, 0.717) is 0 Å².